The zero-order chi connectivity index (χ0) is 21.4. The number of benzene rings is 2. The summed E-state index contributed by atoms with van der Waals surface area (Å²) in [6, 6.07) is 13.5. The highest BCUT2D eigenvalue weighted by Crippen LogP contribution is 2.38. The van der Waals surface area contributed by atoms with Crippen molar-refractivity contribution in [2.45, 2.75) is 38.6 Å². The van der Waals surface area contributed by atoms with Crippen molar-refractivity contribution < 1.29 is 27.8 Å². The number of aliphatic hydroxyl groups excluding tert-OH is 1. The first-order valence-corrected chi connectivity index (χ1v) is 9.09. The maximum absolute atomic E-state index is 13.2. The van der Waals surface area contributed by atoms with Gasteiger partial charge in [-0.2, -0.15) is 13.2 Å². The van der Waals surface area contributed by atoms with Crippen LogP contribution in [0.3, 0.4) is 0 Å². The summed E-state index contributed by atoms with van der Waals surface area (Å²) < 4.78 is 44.8. The monoisotopic (exact) mass is 405 g/mol. The van der Waals surface area contributed by atoms with Crippen LogP contribution in [-0.2, 0) is 15.7 Å². The van der Waals surface area contributed by atoms with Gasteiger partial charge in [0.2, 0.25) is 0 Å². The molecule has 1 heterocycles. The third-order valence-electron chi connectivity index (χ3n) is 5.18. The average Bonchev–Trinajstić information content (AvgIpc) is 2.67. The minimum Gasteiger partial charge on any atom is -0.477 e. The summed E-state index contributed by atoms with van der Waals surface area (Å²) >= 11 is 0. The Kier molecular flexibility index (Phi) is 5.45. The maximum atomic E-state index is 13.2. The Morgan fingerprint density at radius 2 is 1.72 bits per heavy atom. The van der Waals surface area contributed by atoms with Gasteiger partial charge in [-0.05, 0) is 44.0 Å². The summed E-state index contributed by atoms with van der Waals surface area (Å²) in [6.45, 7) is 4.78. The molecule has 0 fully saturated rings. The highest BCUT2D eigenvalue weighted by molar-refractivity contribution is 6.20. The fourth-order valence-electron chi connectivity index (χ4n) is 3.38. The Bertz CT molecular complexity index is 936. The third-order valence-corrected chi connectivity index (χ3v) is 5.18. The van der Waals surface area contributed by atoms with Gasteiger partial charge in [-0.1, -0.05) is 42.5 Å². The standard InChI is InChI=1S/C22H22F3NO3/c1-14-18(15-8-5-4-6-9-15)20(28)26(13-29-14)21(2,3)19(27)16-10-7-11-17(12-16)22(23,24)25/h4-12,19,27H,13H2,1-3H3. The molecule has 1 amide bonds. The summed E-state index contributed by atoms with van der Waals surface area (Å²) in [5, 5.41) is 10.9. The molecule has 1 aliphatic rings. The van der Waals surface area contributed by atoms with E-state index >= 15 is 0 Å². The maximum Gasteiger partial charge on any atom is 0.416 e. The second-order valence-electron chi connectivity index (χ2n) is 7.48. The van der Waals surface area contributed by atoms with E-state index in [2.05, 4.69) is 0 Å². The van der Waals surface area contributed by atoms with Gasteiger partial charge in [0.25, 0.3) is 5.91 Å². The van der Waals surface area contributed by atoms with Gasteiger partial charge in [0.15, 0.2) is 6.73 Å². The van der Waals surface area contributed by atoms with E-state index in [1.54, 1.807) is 45.0 Å². The van der Waals surface area contributed by atoms with Crippen molar-refractivity contribution in [2.24, 2.45) is 0 Å². The molecule has 7 heteroatoms. The molecule has 154 valence electrons. The van der Waals surface area contributed by atoms with Crippen molar-refractivity contribution in [3.05, 3.63) is 77.0 Å². The number of ether oxygens (including phenoxy) is 1. The number of carbonyl (C=O) groups excluding carboxylic acids is 1. The number of carbonyl (C=O) groups is 1. The van der Waals surface area contributed by atoms with Crippen LogP contribution in [0.15, 0.2) is 60.4 Å². The Morgan fingerprint density at radius 1 is 1.07 bits per heavy atom. The zero-order valence-corrected chi connectivity index (χ0v) is 16.3. The lowest BCUT2D eigenvalue weighted by Crippen LogP contribution is -2.54. The van der Waals surface area contributed by atoms with Crippen molar-refractivity contribution in [1.29, 1.82) is 0 Å². The van der Waals surface area contributed by atoms with E-state index in [9.17, 15) is 23.1 Å². The van der Waals surface area contributed by atoms with Crippen LogP contribution in [0.2, 0.25) is 0 Å². The van der Waals surface area contributed by atoms with Gasteiger partial charge >= 0.3 is 6.18 Å². The minimum atomic E-state index is -4.52. The minimum absolute atomic E-state index is 0.0742. The van der Waals surface area contributed by atoms with E-state index in [0.717, 1.165) is 12.1 Å². The SMILES string of the molecule is CC1=C(c2ccccc2)C(=O)N(C(C)(C)C(O)c2cccc(C(F)(F)F)c2)CO1. The lowest BCUT2D eigenvalue weighted by Gasteiger charge is -2.44. The van der Waals surface area contributed by atoms with Crippen molar-refractivity contribution in [1.82, 2.24) is 4.90 Å². The molecule has 1 unspecified atom stereocenters. The quantitative estimate of drug-likeness (QED) is 0.798. The lowest BCUT2D eigenvalue weighted by molar-refractivity contribution is -0.146. The van der Waals surface area contributed by atoms with Crippen LogP contribution >= 0.6 is 0 Å². The molecular formula is C22H22F3NO3. The van der Waals surface area contributed by atoms with Crippen molar-refractivity contribution in [2.75, 3.05) is 6.73 Å². The molecule has 1 aliphatic heterocycles. The summed E-state index contributed by atoms with van der Waals surface area (Å²) in [6.07, 6.45) is -5.88. The molecule has 3 rings (SSSR count). The molecule has 0 radical (unpaired) electrons. The lowest BCUT2D eigenvalue weighted by atomic mass is 9.87. The van der Waals surface area contributed by atoms with Crippen LogP contribution in [0.4, 0.5) is 13.2 Å². The number of hydrogen-bond acceptors (Lipinski definition) is 3. The average molecular weight is 405 g/mol. The molecular weight excluding hydrogens is 383 g/mol. The van der Waals surface area contributed by atoms with Crippen LogP contribution in [0.25, 0.3) is 5.57 Å². The van der Waals surface area contributed by atoms with Crippen molar-refractivity contribution in [3.63, 3.8) is 0 Å². The Balaban J connectivity index is 1.94. The van der Waals surface area contributed by atoms with Crippen LogP contribution in [0.5, 0.6) is 0 Å². The summed E-state index contributed by atoms with van der Waals surface area (Å²) in [4.78, 5) is 14.6. The summed E-state index contributed by atoms with van der Waals surface area (Å²) in [5.41, 5.74) is -0.968. The number of alkyl halides is 3. The van der Waals surface area contributed by atoms with Crippen LogP contribution in [-0.4, -0.2) is 28.2 Å². The van der Waals surface area contributed by atoms with Gasteiger partial charge in [-0.25, -0.2) is 0 Å². The molecule has 0 saturated heterocycles. The topological polar surface area (TPSA) is 49.8 Å². The molecule has 0 aromatic heterocycles. The second-order valence-corrected chi connectivity index (χ2v) is 7.48. The first kappa shape index (κ1) is 20.9. The van der Waals surface area contributed by atoms with Crippen LogP contribution in [0, 0.1) is 0 Å². The first-order valence-electron chi connectivity index (χ1n) is 9.09. The smallest absolute Gasteiger partial charge is 0.416 e. The number of rotatable bonds is 4. The molecule has 2 aromatic rings. The Morgan fingerprint density at radius 3 is 2.34 bits per heavy atom. The molecule has 4 nitrogen and oxygen atoms in total. The van der Waals surface area contributed by atoms with Gasteiger partial charge in [0.05, 0.1) is 16.7 Å². The Hall–Kier alpha value is -2.80. The van der Waals surface area contributed by atoms with Gasteiger partial charge in [0, 0.05) is 0 Å². The van der Waals surface area contributed by atoms with Crippen LogP contribution in [0.1, 0.15) is 43.6 Å². The Labute approximate surface area is 167 Å². The van der Waals surface area contributed by atoms with Crippen molar-refractivity contribution in [3.8, 4) is 0 Å². The van der Waals surface area contributed by atoms with E-state index < -0.39 is 23.4 Å². The van der Waals surface area contributed by atoms with Crippen LogP contribution < -0.4 is 0 Å². The first-order chi connectivity index (χ1) is 13.5. The normalized spacial score (nSPS) is 16.7. The van der Waals surface area contributed by atoms with E-state index in [4.69, 9.17) is 4.74 Å². The molecule has 29 heavy (non-hydrogen) atoms. The number of amides is 1. The van der Waals surface area contributed by atoms with E-state index in [0.29, 0.717) is 16.9 Å². The fraction of sp³-hybridized carbons (Fsp3) is 0.318. The molecule has 1 atom stereocenters. The summed E-state index contributed by atoms with van der Waals surface area (Å²) in [7, 11) is 0. The van der Waals surface area contributed by atoms with Gasteiger partial charge < -0.3 is 9.84 Å². The van der Waals surface area contributed by atoms with Gasteiger partial charge in [-0.15, -0.1) is 0 Å². The van der Waals surface area contributed by atoms with Gasteiger partial charge in [0.1, 0.15) is 11.9 Å². The number of nitrogens with zero attached hydrogens (tertiary/aromatic N) is 1. The molecule has 0 aliphatic carbocycles. The fourth-order valence-corrected chi connectivity index (χ4v) is 3.38. The number of aliphatic hydroxyl groups is 1. The molecule has 0 saturated carbocycles. The predicted octanol–water partition coefficient (Wildman–Crippen LogP) is 4.76. The number of halogens is 3. The molecule has 2 aromatic carbocycles. The van der Waals surface area contributed by atoms with E-state index in [-0.39, 0.29) is 18.2 Å². The highest BCUT2D eigenvalue weighted by atomic mass is 19.4. The zero-order valence-electron chi connectivity index (χ0n) is 16.3. The largest absolute Gasteiger partial charge is 0.477 e. The van der Waals surface area contributed by atoms with E-state index in [1.165, 1.54) is 17.0 Å². The number of hydrogen-bond donors (Lipinski definition) is 1. The summed E-state index contributed by atoms with van der Waals surface area (Å²) in [5.74, 6) is 0.109. The van der Waals surface area contributed by atoms with Gasteiger partial charge in [-0.3, -0.25) is 9.69 Å². The second kappa shape index (κ2) is 7.55. The van der Waals surface area contributed by atoms with Crippen molar-refractivity contribution >= 4 is 11.5 Å². The molecule has 0 spiro atoms. The number of allylic oxidation sites excluding steroid dienone is 1. The third kappa shape index (κ3) is 4.00. The van der Waals surface area contributed by atoms with E-state index in [1.807, 2.05) is 6.07 Å². The highest BCUT2D eigenvalue weighted by Gasteiger charge is 2.43. The predicted molar refractivity (Wildman–Crippen MR) is 102 cm³/mol. The molecule has 1 N–H and O–H groups in total. The molecule has 0 bridgehead atoms.